The van der Waals surface area contributed by atoms with Crippen LogP contribution in [0.15, 0.2) is 18.2 Å². The molecule has 1 aliphatic rings. The predicted octanol–water partition coefficient (Wildman–Crippen LogP) is 1.19. The summed E-state index contributed by atoms with van der Waals surface area (Å²) < 4.78 is 0. The van der Waals surface area contributed by atoms with Gasteiger partial charge in [-0.15, -0.1) is 0 Å². The molecule has 1 saturated heterocycles. The highest BCUT2D eigenvalue weighted by Gasteiger charge is 2.27. The van der Waals surface area contributed by atoms with Crippen LogP contribution in [0.5, 0.6) is 0 Å². The summed E-state index contributed by atoms with van der Waals surface area (Å²) in [6, 6.07) is 5.24. The first-order chi connectivity index (χ1) is 11.0. The molecule has 3 rings (SSSR count). The zero-order chi connectivity index (χ0) is 16.4. The summed E-state index contributed by atoms with van der Waals surface area (Å²) in [6.07, 6.45) is 0. The Morgan fingerprint density at radius 3 is 2.87 bits per heavy atom. The number of piperazine rings is 1. The van der Waals surface area contributed by atoms with Crippen molar-refractivity contribution in [3.8, 4) is 0 Å². The second-order valence-corrected chi connectivity index (χ2v) is 5.77. The van der Waals surface area contributed by atoms with Gasteiger partial charge in [-0.2, -0.15) is 5.10 Å². The van der Waals surface area contributed by atoms with E-state index >= 15 is 0 Å². The maximum Gasteiger partial charge on any atom is 0.315 e. The molecule has 1 aliphatic heterocycles. The lowest BCUT2D eigenvalue weighted by atomic mass is 10.1. The quantitative estimate of drug-likeness (QED) is 0.680. The Kier molecular flexibility index (Phi) is 4.16. The van der Waals surface area contributed by atoms with E-state index in [1.54, 1.807) is 4.90 Å². The Balaban J connectivity index is 1.88. The number of aromatic nitrogens is 3. The fourth-order valence-electron chi connectivity index (χ4n) is 2.77. The summed E-state index contributed by atoms with van der Waals surface area (Å²) in [6.45, 7) is 5.89. The zero-order valence-corrected chi connectivity index (χ0v) is 13.3. The lowest BCUT2D eigenvalue weighted by molar-refractivity contribution is 0.165. The van der Waals surface area contributed by atoms with Crippen LogP contribution >= 0.6 is 0 Å². The van der Waals surface area contributed by atoms with Gasteiger partial charge in [0.05, 0.1) is 11.7 Å². The van der Waals surface area contributed by atoms with Gasteiger partial charge in [0.1, 0.15) is 5.82 Å². The Morgan fingerprint density at radius 1 is 1.35 bits per heavy atom. The third kappa shape index (κ3) is 3.42. The number of anilines is 2. The van der Waals surface area contributed by atoms with Crippen molar-refractivity contribution in [2.75, 3.05) is 25.0 Å². The second-order valence-electron chi connectivity index (χ2n) is 5.77. The second kappa shape index (κ2) is 6.25. The molecule has 0 bridgehead atoms. The SMILES string of the molecule is Cc1cc(Nc2cc(C)[nH]n2)nc(C2CNCCN2C(N)=O)c1. The summed E-state index contributed by atoms with van der Waals surface area (Å²) in [5.74, 6) is 1.40. The topological polar surface area (TPSA) is 112 Å². The molecule has 23 heavy (non-hydrogen) atoms. The van der Waals surface area contributed by atoms with Gasteiger partial charge in [0.15, 0.2) is 5.82 Å². The number of pyridine rings is 1. The number of hydrogen-bond acceptors (Lipinski definition) is 5. The number of aryl methyl sites for hydroxylation is 2. The van der Waals surface area contributed by atoms with Crippen LogP contribution in [0, 0.1) is 13.8 Å². The predicted molar refractivity (Wildman–Crippen MR) is 87.5 cm³/mol. The highest BCUT2D eigenvalue weighted by Crippen LogP contribution is 2.24. The fourth-order valence-corrected chi connectivity index (χ4v) is 2.77. The van der Waals surface area contributed by atoms with Crippen LogP contribution < -0.4 is 16.4 Å². The van der Waals surface area contributed by atoms with E-state index in [2.05, 4.69) is 25.8 Å². The Bertz CT molecular complexity index is 712. The molecule has 0 aromatic carbocycles. The minimum atomic E-state index is -0.419. The van der Waals surface area contributed by atoms with Crippen LogP contribution in [0.1, 0.15) is 23.0 Å². The Hall–Kier alpha value is -2.61. The summed E-state index contributed by atoms with van der Waals surface area (Å²) in [5, 5.41) is 13.5. The smallest absolute Gasteiger partial charge is 0.315 e. The first-order valence-corrected chi connectivity index (χ1v) is 7.57. The van der Waals surface area contributed by atoms with E-state index in [1.807, 2.05) is 32.0 Å². The number of primary amides is 1. The van der Waals surface area contributed by atoms with Crippen molar-refractivity contribution in [1.29, 1.82) is 0 Å². The lowest BCUT2D eigenvalue weighted by Crippen LogP contribution is -2.50. The van der Waals surface area contributed by atoms with Crippen LogP contribution in [0.4, 0.5) is 16.4 Å². The number of carbonyl (C=O) groups excluding carboxylic acids is 1. The average molecular weight is 315 g/mol. The van der Waals surface area contributed by atoms with Crippen LogP contribution in [0.2, 0.25) is 0 Å². The molecule has 2 amide bonds. The number of rotatable bonds is 3. The standard InChI is InChI=1S/C15H21N7O/c1-9-5-11(12-8-17-3-4-22(12)15(16)23)18-13(6-9)19-14-7-10(2)20-21-14/h5-7,12,17H,3-4,8H2,1-2H3,(H2,16,23)(H2,18,19,20,21). The van der Waals surface area contributed by atoms with Crippen molar-refractivity contribution in [2.24, 2.45) is 5.73 Å². The molecule has 1 atom stereocenters. The lowest BCUT2D eigenvalue weighted by Gasteiger charge is -2.34. The van der Waals surface area contributed by atoms with E-state index < -0.39 is 6.03 Å². The third-order valence-corrected chi connectivity index (χ3v) is 3.82. The Labute approximate surface area is 134 Å². The first-order valence-electron chi connectivity index (χ1n) is 7.57. The van der Waals surface area contributed by atoms with E-state index in [0.717, 1.165) is 23.5 Å². The summed E-state index contributed by atoms with van der Waals surface area (Å²) >= 11 is 0. The van der Waals surface area contributed by atoms with Crippen LogP contribution in [0.3, 0.4) is 0 Å². The maximum absolute atomic E-state index is 11.7. The first kappa shape index (κ1) is 15.3. The molecule has 2 aromatic rings. The van der Waals surface area contributed by atoms with E-state index in [-0.39, 0.29) is 6.04 Å². The van der Waals surface area contributed by atoms with Gasteiger partial charge in [0, 0.05) is 31.4 Å². The number of amides is 2. The molecule has 0 aliphatic carbocycles. The molecule has 8 heteroatoms. The molecular formula is C15H21N7O. The molecule has 3 heterocycles. The molecule has 1 fully saturated rings. The summed E-state index contributed by atoms with van der Waals surface area (Å²) in [5.41, 5.74) is 8.33. The minimum absolute atomic E-state index is 0.164. The highest BCUT2D eigenvalue weighted by molar-refractivity contribution is 5.72. The van der Waals surface area contributed by atoms with Gasteiger partial charge in [0.25, 0.3) is 0 Å². The Morgan fingerprint density at radius 2 is 2.17 bits per heavy atom. The molecule has 122 valence electrons. The van der Waals surface area contributed by atoms with Crippen LogP contribution in [0.25, 0.3) is 0 Å². The van der Waals surface area contributed by atoms with Crippen molar-refractivity contribution in [3.63, 3.8) is 0 Å². The number of carbonyl (C=O) groups is 1. The fraction of sp³-hybridized carbons (Fsp3) is 0.400. The van der Waals surface area contributed by atoms with Gasteiger partial charge in [-0.1, -0.05) is 0 Å². The van der Waals surface area contributed by atoms with Gasteiger partial charge in [-0.05, 0) is 31.5 Å². The highest BCUT2D eigenvalue weighted by atomic mass is 16.2. The minimum Gasteiger partial charge on any atom is -0.351 e. The van der Waals surface area contributed by atoms with Gasteiger partial charge in [-0.25, -0.2) is 9.78 Å². The monoisotopic (exact) mass is 315 g/mol. The van der Waals surface area contributed by atoms with Crippen molar-refractivity contribution in [1.82, 2.24) is 25.4 Å². The number of urea groups is 1. The molecular weight excluding hydrogens is 294 g/mol. The number of nitrogens with zero attached hydrogens (tertiary/aromatic N) is 3. The van der Waals surface area contributed by atoms with E-state index in [4.69, 9.17) is 5.73 Å². The number of nitrogens with one attached hydrogen (secondary N) is 3. The van der Waals surface area contributed by atoms with Crippen molar-refractivity contribution >= 4 is 17.7 Å². The zero-order valence-electron chi connectivity index (χ0n) is 13.3. The molecule has 1 unspecified atom stereocenters. The van der Waals surface area contributed by atoms with E-state index in [9.17, 15) is 4.79 Å². The number of nitrogens with two attached hydrogens (primary N) is 1. The number of H-pyrrole nitrogens is 1. The normalized spacial score (nSPS) is 18.0. The molecule has 0 saturated carbocycles. The molecule has 5 N–H and O–H groups in total. The molecule has 2 aromatic heterocycles. The average Bonchev–Trinajstić information content (AvgIpc) is 2.91. The number of aromatic amines is 1. The van der Waals surface area contributed by atoms with Gasteiger partial charge >= 0.3 is 6.03 Å². The van der Waals surface area contributed by atoms with Crippen LogP contribution in [-0.2, 0) is 0 Å². The van der Waals surface area contributed by atoms with Gasteiger partial charge in [0.2, 0.25) is 0 Å². The molecule has 8 nitrogen and oxygen atoms in total. The van der Waals surface area contributed by atoms with Crippen molar-refractivity contribution in [2.45, 2.75) is 19.9 Å². The van der Waals surface area contributed by atoms with Gasteiger partial charge in [-0.3, -0.25) is 5.10 Å². The maximum atomic E-state index is 11.7. The van der Waals surface area contributed by atoms with E-state index in [0.29, 0.717) is 24.7 Å². The van der Waals surface area contributed by atoms with Gasteiger partial charge < -0.3 is 21.3 Å². The summed E-state index contributed by atoms with van der Waals surface area (Å²) in [7, 11) is 0. The van der Waals surface area contributed by atoms with Crippen molar-refractivity contribution in [3.05, 3.63) is 35.2 Å². The molecule has 0 spiro atoms. The summed E-state index contributed by atoms with van der Waals surface area (Å²) in [4.78, 5) is 18.0. The van der Waals surface area contributed by atoms with Crippen molar-refractivity contribution < 1.29 is 4.79 Å². The molecule has 0 radical (unpaired) electrons. The largest absolute Gasteiger partial charge is 0.351 e. The third-order valence-electron chi connectivity index (χ3n) is 3.82. The van der Waals surface area contributed by atoms with E-state index in [1.165, 1.54) is 0 Å². The van der Waals surface area contributed by atoms with Crippen LogP contribution in [-0.4, -0.2) is 45.7 Å². The number of hydrogen-bond donors (Lipinski definition) is 4.